The molecule has 12 heavy (non-hydrogen) atoms. The molecule has 0 aliphatic heterocycles. The normalized spacial score (nSPS) is 23.2. The molecule has 2 nitrogen and oxygen atoms in total. The van der Waals surface area contributed by atoms with Crippen LogP contribution < -0.4 is 5.73 Å². The summed E-state index contributed by atoms with van der Waals surface area (Å²) in [5.74, 6) is 0.826. The summed E-state index contributed by atoms with van der Waals surface area (Å²) in [6, 6.07) is 0. The Morgan fingerprint density at radius 3 is 2.42 bits per heavy atom. The van der Waals surface area contributed by atoms with Gasteiger partial charge in [-0.3, -0.25) is 0 Å². The summed E-state index contributed by atoms with van der Waals surface area (Å²) in [5.41, 5.74) is 6.12. The van der Waals surface area contributed by atoms with Gasteiger partial charge < -0.3 is 10.5 Å². The van der Waals surface area contributed by atoms with E-state index in [4.69, 9.17) is 10.5 Å². The van der Waals surface area contributed by atoms with Gasteiger partial charge in [0.1, 0.15) is 0 Å². The van der Waals surface area contributed by atoms with E-state index in [2.05, 4.69) is 6.92 Å². The third-order valence-corrected chi connectivity index (χ3v) is 3.51. The standard InChI is InChI=1S/C10H21NO/c1-3-10(7-11,8-12-2)9-5-4-6-9/h9H,3-8,11H2,1-2H3. The van der Waals surface area contributed by atoms with Crippen molar-refractivity contribution in [2.45, 2.75) is 32.6 Å². The maximum absolute atomic E-state index is 5.83. The number of hydrogen-bond acceptors (Lipinski definition) is 2. The summed E-state index contributed by atoms with van der Waals surface area (Å²) in [4.78, 5) is 0. The van der Waals surface area contributed by atoms with Crippen molar-refractivity contribution in [2.75, 3.05) is 20.3 Å². The van der Waals surface area contributed by atoms with Crippen LogP contribution in [-0.4, -0.2) is 20.3 Å². The second-order valence-corrected chi connectivity index (χ2v) is 3.98. The van der Waals surface area contributed by atoms with Gasteiger partial charge in [-0.25, -0.2) is 0 Å². The summed E-state index contributed by atoms with van der Waals surface area (Å²) in [6.07, 6.45) is 5.25. The third-order valence-electron chi connectivity index (χ3n) is 3.51. The van der Waals surface area contributed by atoms with Gasteiger partial charge in [-0.05, 0) is 25.2 Å². The smallest absolute Gasteiger partial charge is 0.0533 e. The van der Waals surface area contributed by atoms with Crippen LogP contribution in [0.3, 0.4) is 0 Å². The molecule has 0 spiro atoms. The minimum Gasteiger partial charge on any atom is -0.384 e. The molecule has 1 atom stereocenters. The topological polar surface area (TPSA) is 35.2 Å². The number of hydrogen-bond donors (Lipinski definition) is 1. The Kier molecular flexibility index (Phi) is 3.53. The molecule has 1 aliphatic carbocycles. The van der Waals surface area contributed by atoms with Gasteiger partial charge in [-0.15, -0.1) is 0 Å². The molecule has 1 fully saturated rings. The van der Waals surface area contributed by atoms with Crippen LogP contribution in [0.2, 0.25) is 0 Å². The Hall–Kier alpha value is -0.0800. The molecule has 0 bridgehead atoms. The van der Waals surface area contributed by atoms with Gasteiger partial charge in [0, 0.05) is 19.1 Å². The van der Waals surface area contributed by atoms with E-state index in [1.54, 1.807) is 7.11 Å². The fourth-order valence-electron chi connectivity index (χ4n) is 2.19. The van der Waals surface area contributed by atoms with Gasteiger partial charge in [-0.1, -0.05) is 13.3 Å². The zero-order valence-electron chi connectivity index (χ0n) is 8.31. The van der Waals surface area contributed by atoms with E-state index in [1.807, 2.05) is 0 Å². The minimum atomic E-state index is 0.285. The first-order valence-corrected chi connectivity index (χ1v) is 4.98. The molecule has 0 aromatic carbocycles. The average molecular weight is 171 g/mol. The van der Waals surface area contributed by atoms with Crippen molar-refractivity contribution in [2.24, 2.45) is 17.1 Å². The van der Waals surface area contributed by atoms with Crippen molar-refractivity contribution in [1.82, 2.24) is 0 Å². The molecule has 1 unspecified atom stereocenters. The summed E-state index contributed by atoms with van der Waals surface area (Å²) in [5, 5.41) is 0. The lowest BCUT2D eigenvalue weighted by molar-refractivity contribution is 0.00108. The van der Waals surface area contributed by atoms with Gasteiger partial charge in [-0.2, -0.15) is 0 Å². The lowest BCUT2D eigenvalue weighted by Crippen LogP contribution is -2.44. The van der Waals surface area contributed by atoms with Crippen LogP contribution in [0.5, 0.6) is 0 Å². The molecule has 1 saturated carbocycles. The summed E-state index contributed by atoms with van der Waals surface area (Å²) in [7, 11) is 1.78. The van der Waals surface area contributed by atoms with Crippen LogP contribution in [0, 0.1) is 11.3 Å². The maximum Gasteiger partial charge on any atom is 0.0533 e. The van der Waals surface area contributed by atoms with Gasteiger partial charge in [0.25, 0.3) is 0 Å². The fourth-order valence-corrected chi connectivity index (χ4v) is 2.19. The molecular formula is C10H21NO. The second kappa shape index (κ2) is 4.24. The lowest BCUT2D eigenvalue weighted by Gasteiger charge is -2.44. The Bertz CT molecular complexity index is 128. The molecule has 72 valence electrons. The van der Waals surface area contributed by atoms with E-state index < -0.39 is 0 Å². The zero-order valence-corrected chi connectivity index (χ0v) is 8.31. The van der Waals surface area contributed by atoms with Crippen molar-refractivity contribution in [1.29, 1.82) is 0 Å². The van der Waals surface area contributed by atoms with Crippen LogP contribution in [0.25, 0.3) is 0 Å². The lowest BCUT2D eigenvalue weighted by atomic mass is 9.64. The Morgan fingerprint density at radius 1 is 1.50 bits per heavy atom. The van der Waals surface area contributed by atoms with Crippen molar-refractivity contribution < 1.29 is 4.74 Å². The second-order valence-electron chi connectivity index (χ2n) is 3.98. The molecule has 0 heterocycles. The molecule has 1 aliphatic rings. The monoisotopic (exact) mass is 171 g/mol. The number of nitrogens with two attached hydrogens (primary N) is 1. The molecule has 0 radical (unpaired) electrons. The van der Waals surface area contributed by atoms with Gasteiger partial charge in [0.15, 0.2) is 0 Å². The number of rotatable bonds is 5. The molecule has 0 aromatic rings. The van der Waals surface area contributed by atoms with Crippen LogP contribution in [0.4, 0.5) is 0 Å². The molecule has 2 heteroatoms. The van der Waals surface area contributed by atoms with Gasteiger partial charge in [0.2, 0.25) is 0 Å². The Morgan fingerprint density at radius 2 is 2.17 bits per heavy atom. The zero-order chi connectivity index (χ0) is 9.03. The van der Waals surface area contributed by atoms with E-state index >= 15 is 0 Å². The van der Waals surface area contributed by atoms with E-state index in [9.17, 15) is 0 Å². The van der Waals surface area contributed by atoms with Crippen molar-refractivity contribution in [3.63, 3.8) is 0 Å². The van der Waals surface area contributed by atoms with Crippen molar-refractivity contribution in [3.8, 4) is 0 Å². The predicted octanol–water partition coefficient (Wildman–Crippen LogP) is 1.79. The predicted molar refractivity (Wildman–Crippen MR) is 51.0 cm³/mol. The number of methoxy groups -OCH3 is 1. The molecule has 0 amide bonds. The quantitative estimate of drug-likeness (QED) is 0.684. The molecule has 1 rings (SSSR count). The molecule has 2 N–H and O–H groups in total. The largest absolute Gasteiger partial charge is 0.384 e. The highest BCUT2D eigenvalue weighted by Gasteiger charge is 2.39. The Balaban J connectivity index is 2.54. The SMILES string of the molecule is CCC(CN)(COC)C1CCC1. The minimum absolute atomic E-state index is 0.285. The maximum atomic E-state index is 5.83. The molecule has 0 aromatic heterocycles. The highest BCUT2D eigenvalue weighted by atomic mass is 16.5. The van der Waals surface area contributed by atoms with Gasteiger partial charge in [0.05, 0.1) is 6.61 Å². The van der Waals surface area contributed by atoms with E-state index in [-0.39, 0.29) is 5.41 Å². The first-order valence-electron chi connectivity index (χ1n) is 4.98. The van der Waals surface area contributed by atoms with Crippen LogP contribution in [0.15, 0.2) is 0 Å². The summed E-state index contributed by atoms with van der Waals surface area (Å²) < 4.78 is 5.27. The van der Waals surface area contributed by atoms with Crippen molar-refractivity contribution in [3.05, 3.63) is 0 Å². The summed E-state index contributed by atoms with van der Waals surface area (Å²) >= 11 is 0. The van der Waals surface area contributed by atoms with Crippen LogP contribution in [0.1, 0.15) is 32.6 Å². The Labute approximate surface area is 75.5 Å². The van der Waals surface area contributed by atoms with Crippen LogP contribution in [-0.2, 0) is 4.74 Å². The van der Waals surface area contributed by atoms with Crippen molar-refractivity contribution >= 4 is 0 Å². The van der Waals surface area contributed by atoms with Gasteiger partial charge >= 0.3 is 0 Å². The van der Waals surface area contributed by atoms with Crippen LogP contribution >= 0.6 is 0 Å². The first kappa shape index (κ1) is 10.0. The van der Waals surface area contributed by atoms with E-state index in [0.29, 0.717) is 0 Å². The van der Waals surface area contributed by atoms with E-state index in [0.717, 1.165) is 25.5 Å². The average Bonchev–Trinajstić information content (AvgIpc) is 2.00. The molecular weight excluding hydrogens is 150 g/mol. The van der Waals surface area contributed by atoms with E-state index in [1.165, 1.54) is 19.3 Å². The summed E-state index contributed by atoms with van der Waals surface area (Å²) in [6.45, 7) is 3.84. The molecule has 0 saturated heterocycles. The highest BCUT2D eigenvalue weighted by molar-refractivity contribution is 4.90. The highest BCUT2D eigenvalue weighted by Crippen LogP contribution is 2.43. The number of ether oxygens (including phenoxy) is 1. The first-order chi connectivity index (χ1) is 5.79. The fraction of sp³-hybridized carbons (Fsp3) is 1.00. The third kappa shape index (κ3) is 1.64.